The number of aryl methyl sites for hydroxylation is 2. The van der Waals surface area contributed by atoms with Crippen molar-refractivity contribution in [1.29, 1.82) is 0 Å². The van der Waals surface area contributed by atoms with Crippen molar-refractivity contribution in [1.82, 2.24) is 0 Å². The number of nitrogens with one attached hydrogen (secondary N) is 1. The van der Waals surface area contributed by atoms with Gasteiger partial charge in [0, 0.05) is 11.4 Å². The third-order valence-electron chi connectivity index (χ3n) is 3.50. The molecule has 0 saturated carbocycles. The maximum absolute atomic E-state index is 12.0. The van der Waals surface area contributed by atoms with Crippen molar-refractivity contribution in [2.24, 2.45) is 0 Å². The third-order valence-corrected chi connectivity index (χ3v) is 3.50. The minimum Gasteiger partial charge on any atom is -0.452 e. The first-order valence-corrected chi connectivity index (χ1v) is 7.42. The van der Waals surface area contributed by atoms with Gasteiger partial charge in [-0.3, -0.25) is 4.79 Å². The van der Waals surface area contributed by atoms with E-state index in [4.69, 9.17) is 10.5 Å². The summed E-state index contributed by atoms with van der Waals surface area (Å²) in [7, 11) is 0. The Bertz CT molecular complexity index is 726. The molecule has 0 fully saturated rings. The summed E-state index contributed by atoms with van der Waals surface area (Å²) in [6.07, 6.45) is 0.880. The molecule has 0 aliphatic heterocycles. The van der Waals surface area contributed by atoms with Crippen LogP contribution in [0.2, 0.25) is 0 Å². The molecule has 2 aromatic carbocycles. The number of nitrogen functional groups attached to an aromatic ring is 1. The van der Waals surface area contributed by atoms with Crippen molar-refractivity contribution in [3.05, 3.63) is 59.2 Å². The SMILES string of the molecule is CCc1cccc(NC(=O)COC(=O)c2cccc(C)c2N)c1. The van der Waals surface area contributed by atoms with Crippen molar-refractivity contribution in [3.63, 3.8) is 0 Å². The largest absolute Gasteiger partial charge is 0.452 e. The summed E-state index contributed by atoms with van der Waals surface area (Å²) >= 11 is 0. The van der Waals surface area contributed by atoms with Gasteiger partial charge in [-0.2, -0.15) is 0 Å². The zero-order chi connectivity index (χ0) is 16.8. The number of ether oxygens (including phenoxy) is 1. The molecule has 0 saturated heterocycles. The molecule has 0 bridgehead atoms. The molecule has 23 heavy (non-hydrogen) atoms. The molecular formula is C18H20N2O3. The highest BCUT2D eigenvalue weighted by atomic mass is 16.5. The molecule has 2 rings (SSSR count). The minimum atomic E-state index is -0.608. The minimum absolute atomic E-state index is 0.269. The second kappa shape index (κ2) is 7.45. The zero-order valence-electron chi connectivity index (χ0n) is 13.3. The summed E-state index contributed by atoms with van der Waals surface area (Å²) in [4.78, 5) is 23.9. The Kier molecular flexibility index (Phi) is 5.36. The smallest absolute Gasteiger partial charge is 0.340 e. The van der Waals surface area contributed by atoms with Gasteiger partial charge in [0.1, 0.15) is 0 Å². The summed E-state index contributed by atoms with van der Waals surface area (Å²) in [6.45, 7) is 3.48. The van der Waals surface area contributed by atoms with Gasteiger partial charge >= 0.3 is 5.97 Å². The van der Waals surface area contributed by atoms with E-state index in [0.29, 0.717) is 11.4 Å². The molecule has 0 aromatic heterocycles. The fourth-order valence-electron chi connectivity index (χ4n) is 2.13. The molecule has 0 radical (unpaired) electrons. The van der Waals surface area contributed by atoms with Crippen LogP contribution in [0, 0.1) is 6.92 Å². The van der Waals surface area contributed by atoms with E-state index >= 15 is 0 Å². The highest BCUT2D eigenvalue weighted by molar-refractivity contribution is 5.98. The van der Waals surface area contributed by atoms with Gasteiger partial charge in [0.2, 0.25) is 0 Å². The van der Waals surface area contributed by atoms with Crippen LogP contribution >= 0.6 is 0 Å². The van der Waals surface area contributed by atoms with E-state index in [2.05, 4.69) is 5.32 Å². The maximum atomic E-state index is 12.0. The molecule has 5 heteroatoms. The van der Waals surface area contributed by atoms with Crippen LogP contribution in [0.4, 0.5) is 11.4 Å². The van der Waals surface area contributed by atoms with Crippen molar-refractivity contribution in [2.75, 3.05) is 17.7 Å². The van der Waals surface area contributed by atoms with Crippen molar-refractivity contribution in [3.8, 4) is 0 Å². The monoisotopic (exact) mass is 312 g/mol. The second-order valence-electron chi connectivity index (χ2n) is 5.21. The van der Waals surface area contributed by atoms with Crippen molar-refractivity contribution in [2.45, 2.75) is 20.3 Å². The number of hydrogen-bond acceptors (Lipinski definition) is 4. The van der Waals surface area contributed by atoms with Crippen LogP contribution in [0.25, 0.3) is 0 Å². The lowest BCUT2D eigenvalue weighted by Crippen LogP contribution is -2.21. The highest BCUT2D eigenvalue weighted by Crippen LogP contribution is 2.17. The van der Waals surface area contributed by atoms with Crippen LogP contribution in [-0.4, -0.2) is 18.5 Å². The topological polar surface area (TPSA) is 81.4 Å². The molecular weight excluding hydrogens is 292 g/mol. The molecule has 1 amide bonds. The number of amides is 1. The average Bonchev–Trinajstić information content (AvgIpc) is 2.55. The third kappa shape index (κ3) is 4.32. The first-order chi connectivity index (χ1) is 11.0. The van der Waals surface area contributed by atoms with Crippen molar-refractivity contribution < 1.29 is 14.3 Å². The van der Waals surface area contributed by atoms with Gasteiger partial charge in [-0.15, -0.1) is 0 Å². The number of carbonyl (C=O) groups is 2. The lowest BCUT2D eigenvalue weighted by molar-refractivity contribution is -0.119. The summed E-state index contributed by atoms with van der Waals surface area (Å²) in [6, 6.07) is 12.6. The molecule has 0 heterocycles. The average molecular weight is 312 g/mol. The Balaban J connectivity index is 1.93. The Morgan fingerprint density at radius 2 is 1.91 bits per heavy atom. The molecule has 2 aromatic rings. The van der Waals surface area contributed by atoms with E-state index < -0.39 is 11.9 Å². The second-order valence-corrected chi connectivity index (χ2v) is 5.21. The standard InChI is InChI=1S/C18H20N2O3/c1-3-13-7-5-8-14(10-13)20-16(21)11-23-18(22)15-9-4-6-12(2)17(15)19/h4-10H,3,11,19H2,1-2H3,(H,20,21). The predicted octanol–water partition coefficient (Wildman–Crippen LogP) is 2.94. The Hall–Kier alpha value is -2.82. The van der Waals surface area contributed by atoms with E-state index in [9.17, 15) is 9.59 Å². The quantitative estimate of drug-likeness (QED) is 0.657. The number of hydrogen-bond donors (Lipinski definition) is 2. The van der Waals surface area contributed by atoms with Gasteiger partial charge in [-0.1, -0.05) is 31.2 Å². The first-order valence-electron chi connectivity index (χ1n) is 7.42. The fraction of sp³-hybridized carbons (Fsp3) is 0.222. The van der Waals surface area contributed by atoms with Crippen LogP contribution in [0.1, 0.15) is 28.4 Å². The number of benzene rings is 2. The van der Waals surface area contributed by atoms with E-state index in [1.807, 2.05) is 25.1 Å². The van der Waals surface area contributed by atoms with Crippen LogP contribution < -0.4 is 11.1 Å². The highest BCUT2D eigenvalue weighted by Gasteiger charge is 2.14. The zero-order valence-corrected chi connectivity index (χ0v) is 13.3. The molecule has 0 aliphatic rings. The van der Waals surface area contributed by atoms with Crippen LogP contribution in [0.3, 0.4) is 0 Å². The molecule has 0 spiro atoms. The summed E-state index contributed by atoms with van der Waals surface area (Å²) in [5.41, 5.74) is 9.07. The maximum Gasteiger partial charge on any atom is 0.340 e. The normalized spacial score (nSPS) is 10.2. The van der Waals surface area contributed by atoms with Gasteiger partial charge in [0.25, 0.3) is 5.91 Å². The van der Waals surface area contributed by atoms with Gasteiger partial charge in [0.15, 0.2) is 6.61 Å². The molecule has 3 N–H and O–H groups in total. The lowest BCUT2D eigenvalue weighted by atomic mass is 10.1. The molecule has 0 atom stereocenters. The summed E-state index contributed by atoms with van der Waals surface area (Å²) < 4.78 is 5.02. The molecule has 0 aliphatic carbocycles. The number of para-hydroxylation sites is 1. The van der Waals surface area contributed by atoms with E-state index in [1.165, 1.54) is 0 Å². The Morgan fingerprint density at radius 1 is 1.17 bits per heavy atom. The fourth-order valence-corrected chi connectivity index (χ4v) is 2.13. The summed E-state index contributed by atoms with van der Waals surface area (Å²) in [5, 5.41) is 2.70. The number of carbonyl (C=O) groups excluding carboxylic acids is 2. The van der Waals surface area contributed by atoms with Crippen LogP contribution in [-0.2, 0) is 16.0 Å². The van der Waals surface area contributed by atoms with Gasteiger partial charge < -0.3 is 15.8 Å². The molecule has 5 nitrogen and oxygen atoms in total. The molecule has 0 unspecified atom stereocenters. The molecule has 120 valence electrons. The van der Waals surface area contributed by atoms with Gasteiger partial charge in [0.05, 0.1) is 5.56 Å². The predicted molar refractivity (Wildman–Crippen MR) is 90.3 cm³/mol. The first kappa shape index (κ1) is 16.5. The van der Waals surface area contributed by atoms with Gasteiger partial charge in [-0.05, 0) is 42.7 Å². The van der Waals surface area contributed by atoms with E-state index in [1.54, 1.807) is 31.2 Å². The van der Waals surface area contributed by atoms with Gasteiger partial charge in [-0.25, -0.2) is 4.79 Å². The number of anilines is 2. The lowest BCUT2D eigenvalue weighted by Gasteiger charge is -2.09. The van der Waals surface area contributed by atoms with Crippen LogP contribution in [0.5, 0.6) is 0 Å². The number of nitrogens with two attached hydrogens (primary N) is 1. The Labute approximate surface area is 135 Å². The Morgan fingerprint density at radius 3 is 2.65 bits per heavy atom. The summed E-state index contributed by atoms with van der Waals surface area (Å²) in [5.74, 6) is -0.999. The van der Waals surface area contributed by atoms with Crippen molar-refractivity contribution >= 4 is 23.3 Å². The van der Waals surface area contributed by atoms with Crippen LogP contribution in [0.15, 0.2) is 42.5 Å². The van der Waals surface area contributed by atoms with E-state index in [-0.39, 0.29) is 12.2 Å². The number of esters is 1. The number of rotatable bonds is 5. The van der Waals surface area contributed by atoms with E-state index in [0.717, 1.165) is 17.5 Å².